The minimum Gasteiger partial charge on any atom is -0.382 e. The number of thioether (sulfide) groups is 1. The van der Waals surface area contributed by atoms with E-state index < -0.39 is 40.5 Å². The Bertz CT molecular complexity index is 1250. The van der Waals surface area contributed by atoms with Gasteiger partial charge in [0.25, 0.3) is 0 Å². The van der Waals surface area contributed by atoms with Gasteiger partial charge in [-0.3, -0.25) is 0 Å². The van der Waals surface area contributed by atoms with Crippen molar-refractivity contribution in [3.63, 3.8) is 0 Å². The summed E-state index contributed by atoms with van der Waals surface area (Å²) in [4.78, 5) is 3.87. The number of rotatable bonds is 8. The van der Waals surface area contributed by atoms with E-state index in [1.54, 1.807) is 19.9 Å². The van der Waals surface area contributed by atoms with Gasteiger partial charge >= 0.3 is 6.18 Å². The van der Waals surface area contributed by atoms with E-state index in [9.17, 15) is 27.1 Å². The van der Waals surface area contributed by atoms with E-state index in [1.807, 2.05) is 0 Å². The number of hydrogen-bond acceptors (Lipinski definition) is 6. The molecule has 204 valence electrons. The van der Waals surface area contributed by atoms with Crippen LogP contribution in [0.2, 0.25) is 0 Å². The number of allylic oxidation sites excluding steroid dienone is 1. The molecule has 0 aliphatic carbocycles. The SMILES string of the molecule is C/C(=C\C1OCC(SC(C)C(O)(Cn2cncn2)c2ccc(F)cc2F)CO1)c1ccc(C(F)(F)F)cc1. The van der Waals surface area contributed by atoms with Crippen molar-refractivity contribution in [1.82, 2.24) is 14.8 Å². The van der Waals surface area contributed by atoms with Crippen LogP contribution in [0.3, 0.4) is 0 Å². The van der Waals surface area contributed by atoms with E-state index in [0.29, 0.717) is 11.1 Å². The molecule has 2 heterocycles. The van der Waals surface area contributed by atoms with Gasteiger partial charge in [-0.25, -0.2) is 18.4 Å². The average molecular weight is 556 g/mol. The minimum absolute atomic E-state index is 0.0694. The fourth-order valence-electron chi connectivity index (χ4n) is 4.13. The highest BCUT2D eigenvalue weighted by atomic mass is 32.2. The number of halogens is 5. The molecule has 2 aromatic carbocycles. The van der Waals surface area contributed by atoms with Crippen molar-refractivity contribution < 1.29 is 36.5 Å². The molecule has 0 spiro atoms. The van der Waals surface area contributed by atoms with Crippen LogP contribution in [0.25, 0.3) is 5.57 Å². The Kier molecular flexibility index (Phi) is 8.55. The first-order valence-electron chi connectivity index (χ1n) is 11.7. The first-order chi connectivity index (χ1) is 18.0. The van der Waals surface area contributed by atoms with Crippen molar-refractivity contribution in [2.24, 2.45) is 0 Å². The van der Waals surface area contributed by atoms with E-state index >= 15 is 0 Å². The van der Waals surface area contributed by atoms with Gasteiger partial charge in [-0.15, -0.1) is 11.8 Å². The Balaban J connectivity index is 1.41. The highest BCUT2D eigenvalue weighted by molar-refractivity contribution is 8.00. The lowest BCUT2D eigenvalue weighted by Gasteiger charge is -2.37. The molecule has 1 N–H and O–H groups in total. The van der Waals surface area contributed by atoms with Crippen LogP contribution < -0.4 is 0 Å². The molecule has 1 saturated heterocycles. The molecule has 1 aliphatic heterocycles. The van der Waals surface area contributed by atoms with E-state index in [1.165, 1.54) is 47.3 Å². The molecule has 38 heavy (non-hydrogen) atoms. The minimum atomic E-state index is -4.40. The molecule has 0 radical (unpaired) electrons. The van der Waals surface area contributed by atoms with E-state index in [4.69, 9.17) is 9.47 Å². The Morgan fingerprint density at radius 1 is 1.16 bits per heavy atom. The van der Waals surface area contributed by atoms with Crippen molar-refractivity contribution in [3.05, 3.63) is 89.5 Å². The molecule has 2 unspecified atom stereocenters. The summed E-state index contributed by atoms with van der Waals surface area (Å²) in [6.07, 6.45) is -0.732. The van der Waals surface area contributed by atoms with Crippen LogP contribution in [0, 0.1) is 11.6 Å². The zero-order valence-corrected chi connectivity index (χ0v) is 21.3. The van der Waals surface area contributed by atoms with Gasteiger partial charge < -0.3 is 14.6 Å². The summed E-state index contributed by atoms with van der Waals surface area (Å²) in [5.41, 5.74) is -1.25. The Morgan fingerprint density at radius 2 is 1.84 bits per heavy atom. The number of benzene rings is 2. The van der Waals surface area contributed by atoms with E-state index in [0.717, 1.165) is 24.3 Å². The first kappa shape index (κ1) is 28.2. The smallest absolute Gasteiger partial charge is 0.382 e. The van der Waals surface area contributed by atoms with Crippen LogP contribution in [-0.4, -0.2) is 49.9 Å². The van der Waals surface area contributed by atoms with Crippen LogP contribution in [0.1, 0.15) is 30.5 Å². The molecule has 1 aliphatic rings. The number of alkyl halides is 3. The number of aliphatic hydroxyl groups is 1. The van der Waals surface area contributed by atoms with Crippen LogP contribution >= 0.6 is 11.8 Å². The summed E-state index contributed by atoms with van der Waals surface area (Å²) in [5.74, 6) is -1.63. The summed E-state index contributed by atoms with van der Waals surface area (Å²) in [7, 11) is 0. The van der Waals surface area contributed by atoms with Crippen molar-refractivity contribution in [3.8, 4) is 0 Å². The number of aromatic nitrogens is 3. The normalized spacial score (nSPS) is 21.2. The predicted octanol–water partition coefficient (Wildman–Crippen LogP) is 5.43. The largest absolute Gasteiger partial charge is 0.416 e. The van der Waals surface area contributed by atoms with Gasteiger partial charge in [-0.1, -0.05) is 25.1 Å². The molecular formula is C26H26F5N3O3S. The molecule has 1 aromatic heterocycles. The molecule has 6 nitrogen and oxygen atoms in total. The summed E-state index contributed by atoms with van der Waals surface area (Å²) >= 11 is 1.33. The van der Waals surface area contributed by atoms with Crippen LogP contribution in [0.4, 0.5) is 22.0 Å². The zero-order valence-electron chi connectivity index (χ0n) is 20.5. The predicted molar refractivity (Wildman–Crippen MR) is 132 cm³/mol. The zero-order chi connectivity index (χ0) is 27.5. The molecule has 12 heteroatoms. The number of nitrogens with zero attached hydrogens (tertiary/aromatic N) is 3. The maximum absolute atomic E-state index is 14.7. The summed E-state index contributed by atoms with van der Waals surface area (Å²) in [6, 6.07) is 7.86. The summed E-state index contributed by atoms with van der Waals surface area (Å²) in [6.45, 7) is 3.87. The van der Waals surface area contributed by atoms with Crippen molar-refractivity contribution in [2.75, 3.05) is 13.2 Å². The third-order valence-corrected chi connectivity index (χ3v) is 7.74. The number of hydrogen-bond donors (Lipinski definition) is 1. The van der Waals surface area contributed by atoms with Gasteiger partial charge in [-0.05, 0) is 42.3 Å². The van der Waals surface area contributed by atoms with Gasteiger partial charge in [0.05, 0.1) is 30.6 Å². The van der Waals surface area contributed by atoms with Crippen LogP contribution in [0.5, 0.6) is 0 Å². The highest BCUT2D eigenvalue weighted by Crippen LogP contribution is 2.39. The lowest BCUT2D eigenvalue weighted by molar-refractivity contribution is -0.146. The fourth-order valence-corrected chi connectivity index (χ4v) is 5.45. The van der Waals surface area contributed by atoms with E-state index in [-0.39, 0.29) is 30.6 Å². The Labute approximate surface area is 220 Å². The second-order valence-electron chi connectivity index (χ2n) is 9.00. The molecule has 0 amide bonds. The lowest BCUT2D eigenvalue weighted by Crippen LogP contribution is -2.43. The van der Waals surface area contributed by atoms with Crippen LogP contribution in [0.15, 0.2) is 61.2 Å². The summed E-state index contributed by atoms with van der Waals surface area (Å²) in [5, 5.41) is 14.9. The highest BCUT2D eigenvalue weighted by Gasteiger charge is 2.41. The molecular weight excluding hydrogens is 529 g/mol. The lowest BCUT2D eigenvalue weighted by atomic mass is 9.90. The van der Waals surface area contributed by atoms with Crippen LogP contribution in [-0.2, 0) is 27.8 Å². The third-order valence-electron chi connectivity index (χ3n) is 6.28. The van der Waals surface area contributed by atoms with Crippen molar-refractivity contribution in [2.45, 2.75) is 49.0 Å². The van der Waals surface area contributed by atoms with Gasteiger partial charge in [-0.2, -0.15) is 18.3 Å². The third kappa shape index (κ3) is 6.60. The standard InChI is InChI=1S/C26H26F5N3O3S/c1-16(18-3-5-19(6-4-18)26(29,30)31)9-24-36-11-21(12-37-24)38-17(2)25(35,13-34-15-32-14-33-34)22-8-7-20(27)10-23(22)28/h3-10,14-15,17,21,24,35H,11-13H2,1-2H3/b16-9+. The molecule has 4 rings (SSSR count). The molecule has 0 saturated carbocycles. The maximum Gasteiger partial charge on any atom is 0.416 e. The van der Waals surface area contributed by atoms with Crippen molar-refractivity contribution in [1.29, 1.82) is 0 Å². The monoisotopic (exact) mass is 555 g/mol. The molecule has 1 fully saturated rings. The maximum atomic E-state index is 14.7. The Morgan fingerprint density at radius 3 is 2.42 bits per heavy atom. The van der Waals surface area contributed by atoms with Gasteiger partial charge in [0.15, 0.2) is 6.29 Å². The molecule has 0 bridgehead atoms. The summed E-state index contributed by atoms with van der Waals surface area (Å²) < 4.78 is 79.7. The molecule has 2 atom stereocenters. The van der Waals surface area contributed by atoms with Gasteiger partial charge in [0, 0.05) is 16.9 Å². The quantitative estimate of drug-likeness (QED) is 0.374. The Hall–Kier alpha value is -2.80. The van der Waals surface area contributed by atoms with Crippen molar-refractivity contribution >= 4 is 17.3 Å². The van der Waals surface area contributed by atoms with Gasteiger partial charge in [0.1, 0.15) is 29.9 Å². The number of ether oxygens (including phenoxy) is 2. The van der Waals surface area contributed by atoms with E-state index in [2.05, 4.69) is 10.1 Å². The van der Waals surface area contributed by atoms with Gasteiger partial charge in [0.2, 0.25) is 0 Å². The second kappa shape index (κ2) is 11.5. The first-order valence-corrected chi connectivity index (χ1v) is 12.6. The molecule has 3 aromatic rings. The fraction of sp³-hybridized carbons (Fsp3) is 0.385. The topological polar surface area (TPSA) is 69.4 Å². The average Bonchev–Trinajstić information content (AvgIpc) is 3.37. The second-order valence-corrected chi connectivity index (χ2v) is 10.6.